The maximum atomic E-state index is 11.2. The van der Waals surface area contributed by atoms with Crippen LogP contribution in [0.4, 0.5) is 5.69 Å². The van der Waals surface area contributed by atoms with Crippen molar-refractivity contribution < 1.29 is 34.7 Å². The normalized spacial score (nSPS) is 30.2. The minimum Gasteiger partial charge on any atom is -0.477 e. The Morgan fingerprint density at radius 2 is 1.96 bits per heavy atom. The number of rotatable bonds is 3. The first-order valence-electron chi connectivity index (χ1n) is 7.25. The van der Waals surface area contributed by atoms with Crippen molar-refractivity contribution in [2.45, 2.75) is 30.7 Å². The number of aliphatic hydroxyl groups is 3. The number of hydrogen-bond donors (Lipinski definition) is 5. The largest absolute Gasteiger partial charge is 0.477 e. The zero-order chi connectivity index (χ0) is 17.5. The maximum Gasteiger partial charge on any atom is 0.364 e. The number of fused-ring (bicyclic) bond motifs is 1. The first-order valence-corrected chi connectivity index (χ1v) is 7.25. The van der Waals surface area contributed by atoms with Gasteiger partial charge in [0.15, 0.2) is 5.75 Å². The lowest BCUT2D eigenvalue weighted by molar-refractivity contribution is -0.330. The second kappa shape index (κ2) is 5.91. The minimum atomic E-state index is -2.66. The van der Waals surface area contributed by atoms with Crippen molar-refractivity contribution in [1.29, 1.82) is 0 Å². The molecule has 0 spiro atoms. The van der Waals surface area contributed by atoms with Crippen LogP contribution in [0.1, 0.15) is 6.42 Å². The number of nitrogens with two attached hydrogens (primary N) is 1. The van der Waals surface area contributed by atoms with E-state index in [-0.39, 0.29) is 11.4 Å². The molecule has 8 heteroatoms. The molecule has 0 aromatic heterocycles. The molecule has 1 aliphatic rings. The van der Waals surface area contributed by atoms with E-state index in [0.29, 0.717) is 5.39 Å². The molecule has 2 aromatic carbocycles. The molecule has 24 heavy (non-hydrogen) atoms. The number of carbonyl (C=O) groups is 1. The SMILES string of the molecule is Nc1ccc2ccccc2c1OC1OC(O)(C(=O)O)CC(O)C1O. The van der Waals surface area contributed by atoms with Crippen LogP contribution in [0.2, 0.25) is 0 Å². The molecule has 0 aliphatic carbocycles. The van der Waals surface area contributed by atoms with Crippen LogP contribution in [0, 0.1) is 0 Å². The third-order valence-electron chi connectivity index (χ3n) is 3.95. The van der Waals surface area contributed by atoms with E-state index < -0.39 is 36.7 Å². The molecule has 6 N–H and O–H groups in total. The van der Waals surface area contributed by atoms with E-state index >= 15 is 0 Å². The van der Waals surface area contributed by atoms with Crippen LogP contribution in [-0.2, 0) is 9.53 Å². The molecule has 2 aromatic rings. The topological polar surface area (TPSA) is 142 Å². The highest BCUT2D eigenvalue weighted by atomic mass is 16.8. The molecule has 0 bridgehead atoms. The monoisotopic (exact) mass is 335 g/mol. The van der Waals surface area contributed by atoms with E-state index in [0.717, 1.165) is 5.39 Å². The number of ether oxygens (including phenoxy) is 2. The molecule has 0 radical (unpaired) electrons. The molecule has 0 saturated carbocycles. The number of aliphatic carboxylic acids is 1. The summed E-state index contributed by atoms with van der Waals surface area (Å²) in [4.78, 5) is 11.2. The van der Waals surface area contributed by atoms with Gasteiger partial charge in [0.05, 0.1) is 11.8 Å². The Morgan fingerprint density at radius 3 is 2.67 bits per heavy atom. The van der Waals surface area contributed by atoms with Crippen molar-refractivity contribution in [3.63, 3.8) is 0 Å². The van der Waals surface area contributed by atoms with Crippen LogP contribution in [0.15, 0.2) is 36.4 Å². The summed E-state index contributed by atoms with van der Waals surface area (Å²) in [5.41, 5.74) is 6.15. The van der Waals surface area contributed by atoms with Gasteiger partial charge >= 0.3 is 5.97 Å². The zero-order valence-electron chi connectivity index (χ0n) is 12.5. The third-order valence-corrected chi connectivity index (χ3v) is 3.95. The van der Waals surface area contributed by atoms with Crippen molar-refractivity contribution in [3.8, 4) is 5.75 Å². The van der Waals surface area contributed by atoms with Crippen molar-refractivity contribution in [1.82, 2.24) is 0 Å². The first-order chi connectivity index (χ1) is 11.3. The molecule has 1 heterocycles. The Hall–Kier alpha value is -2.39. The molecule has 8 nitrogen and oxygen atoms in total. The fraction of sp³-hybridized carbons (Fsp3) is 0.312. The van der Waals surface area contributed by atoms with E-state index in [1.54, 1.807) is 24.3 Å². The van der Waals surface area contributed by atoms with Gasteiger partial charge in [-0.2, -0.15) is 0 Å². The van der Waals surface area contributed by atoms with Gasteiger partial charge in [0.1, 0.15) is 6.10 Å². The van der Waals surface area contributed by atoms with Gasteiger partial charge in [-0.3, -0.25) is 4.74 Å². The van der Waals surface area contributed by atoms with Crippen LogP contribution < -0.4 is 10.5 Å². The molecule has 3 rings (SSSR count). The molecule has 4 atom stereocenters. The van der Waals surface area contributed by atoms with Gasteiger partial charge in [-0.1, -0.05) is 30.3 Å². The number of benzene rings is 2. The molecule has 1 fully saturated rings. The quantitative estimate of drug-likeness (QED) is 0.495. The summed E-state index contributed by atoms with van der Waals surface area (Å²) in [5.74, 6) is -4.19. The lowest BCUT2D eigenvalue weighted by Gasteiger charge is -2.39. The van der Waals surface area contributed by atoms with Gasteiger partial charge < -0.3 is 30.9 Å². The molecule has 1 aliphatic heterocycles. The second-order valence-corrected chi connectivity index (χ2v) is 5.66. The minimum absolute atomic E-state index is 0.166. The van der Waals surface area contributed by atoms with Crippen LogP contribution in [0.3, 0.4) is 0 Å². The highest BCUT2D eigenvalue weighted by molar-refractivity contribution is 5.92. The predicted molar refractivity (Wildman–Crippen MR) is 83.1 cm³/mol. The van der Waals surface area contributed by atoms with Crippen LogP contribution in [-0.4, -0.2) is 50.7 Å². The Balaban J connectivity index is 1.98. The van der Waals surface area contributed by atoms with Gasteiger partial charge in [-0.15, -0.1) is 0 Å². The van der Waals surface area contributed by atoms with Crippen molar-refractivity contribution in [3.05, 3.63) is 36.4 Å². The van der Waals surface area contributed by atoms with E-state index in [1.165, 1.54) is 0 Å². The smallest absolute Gasteiger partial charge is 0.364 e. The van der Waals surface area contributed by atoms with Crippen LogP contribution in [0.5, 0.6) is 5.75 Å². The summed E-state index contributed by atoms with van der Waals surface area (Å²) in [6.07, 6.45) is -5.39. The first kappa shape index (κ1) is 16.5. The van der Waals surface area contributed by atoms with Crippen LogP contribution in [0.25, 0.3) is 10.8 Å². The number of carboxylic acid groups (broad SMARTS) is 1. The summed E-state index contributed by atoms with van der Waals surface area (Å²) in [6.45, 7) is 0. The molecule has 4 unspecified atom stereocenters. The summed E-state index contributed by atoms with van der Waals surface area (Å²) < 4.78 is 10.5. The Kier molecular flexibility index (Phi) is 4.06. The average molecular weight is 335 g/mol. The Morgan fingerprint density at radius 1 is 1.25 bits per heavy atom. The lowest BCUT2D eigenvalue weighted by Crippen LogP contribution is -2.59. The number of aliphatic hydroxyl groups excluding tert-OH is 2. The number of nitrogen functional groups attached to an aromatic ring is 1. The highest BCUT2D eigenvalue weighted by Gasteiger charge is 2.51. The summed E-state index contributed by atoms with van der Waals surface area (Å²) in [6, 6.07) is 10.5. The van der Waals surface area contributed by atoms with Crippen LogP contribution >= 0.6 is 0 Å². The molecular weight excluding hydrogens is 318 g/mol. The lowest BCUT2D eigenvalue weighted by atomic mass is 9.99. The fourth-order valence-corrected chi connectivity index (χ4v) is 2.63. The summed E-state index contributed by atoms with van der Waals surface area (Å²) in [5, 5.41) is 40.3. The van der Waals surface area contributed by atoms with Gasteiger partial charge in [-0.05, 0) is 11.5 Å². The van der Waals surface area contributed by atoms with E-state index in [4.69, 9.17) is 20.3 Å². The van der Waals surface area contributed by atoms with Gasteiger partial charge in [0.25, 0.3) is 5.79 Å². The number of carboxylic acids is 1. The van der Waals surface area contributed by atoms with Crippen molar-refractivity contribution in [2.75, 3.05) is 5.73 Å². The van der Waals surface area contributed by atoms with E-state index in [2.05, 4.69) is 0 Å². The highest BCUT2D eigenvalue weighted by Crippen LogP contribution is 2.36. The number of hydrogen-bond acceptors (Lipinski definition) is 7. The zero-order valence-corrected chi connectivity index (χ0v) is 12.5. The van der Waals surface area contributed by atoms with Crippen molar-refractivity contribution >= 4 is 22.4 Å². The fourth-order valence-electron chi connectivity index (χ4n) is 2.63. The molecular formula is C16H17NO7. The van der Waals surface area contributed by atoms with Gasteiger partial charge in [0.2, 0.25) is 6.29 Å². The second-order valence-electron chi connectivity index (χ2n) is 5.66. The standard InChI is InChI=1S/C16H17NO7/c17-10-6-5-8-3-1-2-4-9(8)13(10)23-14-12(19)11(18)7-16(22,24-14)15(20)21/h1-6,11-12,14,18-19,22H,7,17H2,(H,20,21). The molecule has 128 valence electrons. The predicted octanol–water partition coefficient (Wildman–Crippen LogP) is 0.0422. The maximum absolute atomic E-state index is 11.2. The summed E-state index contributed by atoms with van der Waals surface area (Å²) in [7, 11) is 0. The molecule has 0 amide bonds. The molecule has 1 saturated heterocycles. The van der Waals surface area contributed by atoms with Gasteiger partial charge in [-0.25, -0.2) is 4.79 Å². The Labute approximate surface area is 136 Å². The van der Waals surface area contributed by atoms with E-state index in [1.807, 2.05) is 12.1 Å². The average Bonchev–Trinajstić information content (AvgIpc) is 2.54. The van der Waals surface area contributed by atoms with Crippen molar-refractivity contribution in [2.24, 2.45) is 0 Å². The Bertz CT molecular complexity index is 780. The van der Waals surface area contributed by atoms with Gasteiger partial charge in [0, 0.05) is 11.8 Å². The number of anilines is 1. The summed E-state index contributed by atoms with van der Waals surface area (Å²) >= 11 is 0. The third kappa shape index (κ3) is 2.76. The van der Waals surface area contributed by atoms with E-state index in [9.17, 15) is 20.1 Å².